The molecule has 4 heteroatoms. The Hall–Kier alpha value is -0.770. The smallest absolute Gasteiger partial charge is 0.191 e. The van der Waals surface area contributed by atoms with Crippen LogP contribution in [-0.2, 0) is 0 Å². The van der Waals surface area contributed by atoms with E-state index < -0.39 is 0 Å². The predicted octanol–water partition coefficient (Wildman–Crippen LogP) is 2.46. The molecule has 4 nitrogen and oxygen atoms in total. The summed E-state index contributed by atoms with van der Waals surface area (Å²) in [5, 5.41) is 6.60. The van der Waals surface area contributed by atoms with Gasteiger partial charge in [0.05, 0.1) is 6.54 Å². The Labute approximate surface area is 125 Å². The van der Waals surface area contributed by atoms with E-state index in [2.05, 4.69) is 50.2 Å². The van der Waals surface area contributed by atoms with Gasteiger partial charge >= 0.3 is 0 Å². The van der Waals surface area contributed by atoms with Crippen molar-refractivity contribution in [3.05, 3.63) is 0 Å². The molecule has 20 heavy (non-hydrogen) atoms. The number of hydrogen-bond acceptors (Lipinski definition) is 2. The van der Waals surface area contributed by atoms with Gasteiger partial charge in [0.2, 0.25) is 0 Å². The predicted molar refractivity (Wildman–Crippen MR) is 88.3 cm³/mol. The lowest BCUT2D eigenvalue weighted by Crippen LogP contribution is -2.51. The van der Waals surface area contributed by atoms with Gasteiger partial charge in [-0.1, -0.05) is 13.3 Å². The Morgan fingerprint density at radius 3 is 2.40 bits per heavy atom. The highest BCUT2D eigenvalue weighted by atomic mass is 15.2. The quantitative estimate of drug-likeness (QED) is 0.581. The molecule has 1 aliphatic rings. The van der Waals surface area contributed by atoms with E-state index in [9.17, 15) is 0 Å². The van der Waals surface area contributed by atoms with Crippen LogP contribution in [0.2, 0.25) is 0 Å². The van der Waals surface area contributed by atoms with E-state index in [1.54, 1.807) is 0 Å². The van der Waals surface area contributed by atoms with Crippen LogP contribution in [0.5, 0.6) is 0 Å². The topological polar surface area (TPSA) is 39.7 Å². The lowest BCUT2D eigenvalue weighted by molar-refractivity contribution is 0.0713. The van der Waals surface area contributed by atoms with Crippen molar-refractivity contribution in [3.8, 4) is 0 Å². The Morgan fingerprint density at radius 2 is 1.85 bits per heavy atom. The molecule has 0 amide bonds. The molecular formula is C16H34N4. The monoisotopic (exact) mass is 282 g/mol. The minimum atomic E-state index is 0.143. The first-order valence-electron chi connectivity index (χ1n) is 8.30. The average Bonchev–Trinajstić information content (AvgIpc) is 2.45. The molecule has 1 atom stereocenters. The molecule has 1 rings (SSSR count). The SMILES string of the molecule is CCNC(=NCC(C)(C)N1CCCC(CC)C1)NCC. The van der Waals surface area contributed by atoms with Crippen LogP contribution in [0.4, 0.5) is 0 Å². The Morgan fingerprint density at radius 1 is 1.20 bits per heavy atom. The summed E-state index contributed by atoms with van der Waals surface area (Å²) < 4.78 is 0. The number of likely N-dealkylation sites (tertiary alicyclic amines) is 1. The van der Waals surface area contributed by atoms with Gasteiger partial charge in [0.15, 0.2) is 5.96 Å². The molecule has 0 aliphatic carbocycles. The third-order valence-electron chi connectivity index (χ3n) is 4.26. The largest absolute Gasteiger partial charge is 0.357 e. The highest BCUT2D eigenvalue weighted by molar-refractivity contribution is 5.79. The van der Waals surface area contributed by atoms with Crippen LogP contribution in [0.15, 0.2) is 4.99 Å². The van der Waals surface area contributed by atoms with Gasteiger partial charge in [-0.05, 0) is 53.0 Å². The maximum absolute atomic E-state index is 4.75. The highest BCUT2D eigenvalue weighted by Crippen LogP contribution is 2.25. The molecule has 1 saturated heterocycles. The van der Waals surface area contributed by atoms with E-state index >= 15 is 0 Å². The summed E-state index contributed by atoms with van der Waals surface area (Å²) in [6.45, 7) is 16.3. The number of hydrogen-bond donors (Lipinski definition) is 2. The third kappa shape index (κ3) is 5.31. The van der Waals surface area contributed by atoms with Crippen molar-refractivity contribution in [2.45, 2.75) is 59.4 Å². The summed E-state index contributed by atoms with van der Waals surface area (Å²) in [6, 6.07) is 0. The fraction of sp³-hybridized carbons (Fsp3) is 0.938. The van der Waals surface area contributed by atoms with E-state index in [1.165, 1.54) is 32.4 Å². The van der Waals surface area contributed by atoms with Crippen LogP contribution in [0, 0.1) is 5.92 Å². The van der Waals surface area contributed by atoms with Crippen LogP contribution < -0.4 is 10.6 Å². The first kappa shape index (κ1) is 17.3. The summed E-state index contributed by atoms with van der Waals surface area (Å²) in [6.07, 6.45) is 4.03. The van der Waals surface area contributed by atoms with Crippen molar-refractivity contribution in [2.24, 2.45) is 10.9 Å². The number of piperidine rings is 1. The van der Waals surface area contributed by atoms with Gasteiger partial charge < -0.3 is 10.6 Å². The maximum Gasteiger partial charge on any atom is 0.191 e. The minimum Gasteiger partial charge on any atom is -0.357 e. The Balaban J connectivity index is 2.60. The number of aliphatic imine (C=N–C) groups is 1. The van der Waals surface area contributed by atoms with Gasteiger partial charge in [-0.25, -0.2) is 0 Å². The molecule has 0 aromatic rings. The molecule has 0 radical (unpaired) electrons. The van der Waals surface area contributed by atoms with Crippen molar-refractivity contribution in [2.75, 3.05) is 32.7 Å². The second kappa shape index (κ2) is 8.50. The van der Waals surface area contributed by atoms with Crippen LogP contribution in [0.3, 0.4) is 0 Å². The number of nitrogens with one attached hydrogen (secondary N) is 2. The van der Waals surface area contributed by atoms with E-state index in [0.717, 1.165) is 31.5 Å². The molecule has 0 bridgehead atoms. The number of nitrogens with zero attached hydrogens (tertiary/aromatic N) is 2. The third-order valence-corrected chi connectivity index (χ3v) is 4.26. The zero-order valence-electron chi connectivity index (χ0n) is 14.1. The lowest BCUT2D eigenvalue weighted by atomic mass is 9.91. The molecule has 0 saturated carbocycles. The molecule has 0 aromatic carbocycles. The summed E-state index contributed by atoms with van der Waals surface area (Å²) >= 11 is 0. The van der Waals surface area contributed by atoms with Gasteiger partial charge in [-0.3, -0.25) is 9.89 Å². The fourth-order valence-corrected chi connectivity index (χ4v) is 2.83. The summed E-state index contributed by atoms with van der Waals surface area (Å²) in [4.78, 5) is 7.38. The lowest BCUT2D eigenvalue weighted by Gasteiger charge is -2.43. The normalized spacial score (nSPS) is 20.6. The van der Waals surface area contributed by atoms with Crippen molar-refractivity contribution in [1.29, 1.82) is 0 Å². The second-order valence-electron chi connectivity index (χ2n) is 6.40. The Bertz CT molecular complexity index is 291. The average molecular weight is 282 g/mol. The van der Waals surface area contributed by atoms with Gasteiger partial charge in [-0.15, -0.1) is 0 Å². The molecule has 2 N–H and O–H groups in total. The van der Waals surface area contributed by atoms with Gasteiger partial charge in [0.1, 0.15) is 0 Å². The molecule has 1 unspecified atom stereocenters. The van der Waals surface area contributed by atoms with Gasteiger partial charge in [0, 0.05) is 25.2 Å². The number of rotatable bonds is 6. The molecule has 1 heterocycles. The van der Waals surface area contributed by atoms with E-state index in [-0.39, 0.29) is 5.54 Å². The molecule has 0 aromatic heterocycles. The van der Waals surface area contributed by atoms with E-state index in [0.29, 0.717) is 0 Å². The highest BCUT2D eigenvalue weighted by Gasteiger charge is 2.30. The molecular weight excluding hydrogens is 248 g/mol. The molecule has 1 fully saturated rings. The van der Waals surface area contributed by atoms with E-state index in [4.69, 9.17) is 4.99 Å². The fourth-order valence-electron chi connectivity index (χ4n) is 2.83. The van der Waals surface area contributed by atoms with Crippen molar-refractivity contribution in [3.63, 3.8) is 0 Å². The van der Waals surface area contributed by atoms with Crippen LogP contribution >= 0.6 is 0 Å². The molecule has 0 spiro atoms. The van der Waals surface area contributed by atoms with Crippen molar-refractivity contribution >= 4 is 5.96 Å². The number of guanidine groups is 1. The van der Waals surface area contributed by atoms with E-state index in [1.807, 2.05) is 0 Å². The molecule has 118 valence electrons. The maximum atomic E-state index is 4.75. The minimum absolute atomic E-state index is 0.143. The van der Waals surface area contributed by atoms with Crippen molar-refractivity contribution < 1.29 is 0 Å². The zero-order chi connectivity index (χ0) is 15.0. The van der Waals surface area contributed by atoms with Crippen molar-refractivity contribution in [1.82, 2.24) is 15.5 Å². The zero-order valence-corrected chi connectivity index (χ0v) is 14.1. The van der Waals surface area contributed by atoms with Crippen LogP contribution in [-0.4, -0.2) is 49.1 Å². The van der Waals surface area contributed by atoms with Crippen LogP contribution in [0.25, 0.3) is 0 Å². The summed E-state index contributed by atoms with van der Waals surface area (Å²) in [7, 11) is 0. The molecule has 1 aliphatic heterocycles. The van der Waals surface area contributed by atoms with Gasteiger partial charge in [-0.2, -0.15) is 0 Å². The second-order valence-corrected chi connectivity index (χ2v) is 6.40. The standard InChI is InChI=1S/C16H34N4/c1-6-14-10-9-11-20(12-14)16(4,5)13-19-15(17-7-2)18-8-3/h14H,6-13H2,1-5H3,(H2,17,18,19). The summed E-state index contributed by atoms with van der Waals surface area (Å²) in [5.41, 5.74) is 0.143. The Kier molecular flexibility index (Phi) is 7.35. The van der Waals surface area contributed by atoms with Crippen LogP contribution in [0.1, 0.15) is 53.9 Å². The van der Waals surface area contributed by atoms with Gasteiger partial charge in [0.25, 0.3) is 0 Å². The first-order chi connectivity index (χ1) is 9.53. The first-order valence-corrected chi connectivity index (χ1v) is 8.30. The summed E-state index contributed by atoms with van der Waals surface area (Å²) in [5.74, 6) is 1.81.